The van der Waals surface area contributed by atoms with Crippen LogP contribution in [0.5, 0.6) is 0 Å². The Hall–Kier alpha value is -0.830. The Balaban J connectivity index is 2.30. The Morgan fingerprint density at radius 1 is 1.43 bits per heavy atom. The smallest absolute Gasteiger partial charge is 0.0627 e. The van der Waals surface area contributed by atoms with Crippen molar-refractivity contribution in [2.75, 3.05) is 6.54 Å². The molecule has 1 aromatic heterocycles. The molecule has 1 unspecified atom stereocenters. The second-order valence-electron chi connectivity index (χ2n) is 4.35. The highest BCUT2D eigenvalue weighted by atomic mass is 15.2. The van der Waals surface area contributed by atoms with Crippen molar-refractivity contribution in [1.29, 1.82) is 0 Å². The Labute approximate surface area is 86.5 Å². The summed E-state index contributed by atoms with van der Waals surface area (Å²) in [6.07, 6.45) is 3.05. The van der Waals surface area contributed by atoms with E-state index in [0.29, 0.717) is 12.0 Å². The van der Waals surface area contributed by atoms with E-state index in [4.69, 9.17) is 0 Å². The van der Waals surface area contributed by atoms with E-state index >= 15 is 0 Å². The van der Waals surface area contributed by atoms with Gasteiger partial charge in [-0.15, -0.1) is 0 Å². The van der Waals surface area contributed by atoms with E-state index in [0.717, 1.165) is 13.0 Å². The monoisotopic (exact) mass is 195 g/mol. The molecule has 0 aliphatic heterocycles. The molecule has 3 nitrogen and oxygen atoms in total. The summed E-state index contributed by atoms with van der Waals surface area (Å²) in [7, 11) is 1.96. The minimum absolute atomic E-state index is 0.571. The molecular formula is C11H21N3. The molecule has 0 spiro atoms. The normalized spacial score (nSPS) is 13.5. The van der Waals surface area contributed by atoms with Gasteiger partial charge in [0.15, 0.2) is 0 Å². The molecule has 3 heteroatoms. The first-order chi connectivity index (χ1) is 6.58. The van der Waals surface area contributed by atoms with Crippen molar-refractivity contribution in [3.05, 3.63) is 18.0 Å². The number of aromatic nitrogens is 2. The molecule has 0 aromatic carbocycles. The zero-order valence-electron chi connectivity index (χ0n) is 9.62. The van der Waals surface area contributed by atoms with Crippen LogP contribution in [0.4, 0.5) is 0 Å². The molecule has 1 aromatic rings. The van der Waals surface area contributed by atoms with Gasteiger partial charge < -0.3 is 5.32 Å². The number of aryl methyl sites for hydroxylation is 1. The van der Waals surface area contributed by atoms with E-state index < -0.39 is 0 Å². The van der Waals surface area contributed by atoms with Crippen LogP contribution >= 0.6 is 0 Å². The summed E-state index contributed by atoms with van der Waals surface area (Å²) in [5.74, 6) is 0.646. The van der Waals surface area contributed by atoms with Crippen LogP contribution in [-0.2, 0) is 13.5 Å². The van der Waals surface area contributed by atoms with E-state index in [1.807, 2.05) is 17.9 Å². The van der Waals surface area contributed by atoms with Crippen LogP contribution in [0, 0.1) is 5.92 Å². The molecule has 1 atom stereocenters. The van der Waals surface area contributed by atoms with Crippen molar-refractivity contribution in [2.24, 2.45) is 13.0 Å². The molecule has 0 saturated carbocycles. The fraction of sp³-hybridized carbons (Fsp3) is 0.727. The van der Waals surface area contributed by atoms with Crippen molar-refractivity contribution >= 4 is 0 Å². The molecule has 0 amide bonds. The van der Waals surface area contributed by atoms with Gasteiger partial charge in [0.2, 0.25) is 0 Å². The molecule has 0 saturated heterocycles. The maximum absolute atomic E-state index is 4.37. The predicted octanol–water partition coefficient (Wildman–Crippen LogP) is 1.60. The summed E-state index contributed by atoms with van der Waals surface area (Å²) in [6.45, 7) is 7.67. The first-order valence-corrected chi connectivity index (χ1v) is 5.30. The Morgan fingerprint density at radius 2 is 2.14 bits per heavy atom. The minimum atomic E-state index is 0.571. The van der Waals surface area contributed by atoms with E-state index in [1.165, 1.54) is 5.69 Å². The Kier molecular flexibility index (Phi) is 4.14. The lowest BCUT2D eigenvalue weighted by Gasteiger charge is -2.13. The third-order valence-corrected chi connectivity index (χ3v) is 2.20. The fourth-order valence-electron chi connectivity index (χ4n) is 1.44. The van der Waals surface area contributed by atoms with Crippen LogP contribution in [0.25, 0.3) is 0 Å². The van der Waals surface area contributed by atoms with Gasteiger partial charge >= 0.3 is 0 Å². The number of nitrogens with one attached hydrogen (secondary N) is 1. The van der Waals surface area contributed by atoms with Crippen molar-refractivity contribution < 1.29 is 0 Å². The molecule has 1 rings (SSSR count). The van der Waals surface area contributed by atoms with E-state index in [2.05, 4.69) is 37.3 Å². The Morgan fingerprint density at radius 3 is 2.64 bits per heavy atom. The second-order valence-corrected chi connectivity index (χ2v) is 4.35. The largest absolute Gasteiger partial charge is 0.314 e. The van der Waals surface area contributed by atoms with Crippen molar-refractivity contribution in [2.45, 2.75) is 33.2 Å². The van der Waals surface area contributed by atoms with Gasteiger partial charge in [-0.05, 0) is 24.9 Å². The first-order valence-electron chi connectivity index (χ1n) is 5.30. The van der Waals surface area contributed by atoms with Gasteiger partial charge in [0.05, 0.1) is 5.69 Å². The highest BCUT2D eigenvalue weighted by molar-refractivity contribution is 4.99. The van der Waals surface area contributed by atoms with Crippen molar-refractivity contribution in [3.63, 3.8) is 0 Å². The average molecular weight is 195 g/mol. The lowest BCUT2D eigenvalue weighted by molar-refractivity contribution is 0.471. The molecular weight excluding hydrogens is 174 g/mol. The summed E-state index contributed by atoms with van der Waals surface area (Å²) < 4.78 is 1.86. The zero-order valence-corrected chi connectivity index (χ0v) is 9.62. The van der Waals surface area contributed by atoms with Gasteiger partial charge in [-0.2, -0.15) is 5.10 Å². The molecule has 14 heavy (non-hydrogen) atoms. The summed E-state index contributed by atoms with van der Waals surface area (Å²) in [4.78, 5) is 0. The number of hydrogen-bond acceptors (Lipinski definition) is 2. The topological polar surface area (TPSA) is 29.9 Å². The van der Waals surface area contributed by atoms with Crippen LogP contribution in [0.2, 0.25) is 0 Å². The average Bonchev–Trinajstić information content (AvgIpc) is 2.48. The quantitative estimate of drug-likeness (QED) is 0.773. The van der Waals surface area contributed by atoms with Crippen molar-refractivity contribution in [1.82, 2.24) is 15.1 Å². The second kappa shape index (κ2) is 5.15. The molecule has 0 fully saturated rings. The van der Waals surface area contributed by atoms with Gasteiger partial charge in [0.1, 0.15) is 0 Å². The molecule has 0 aliphatic rings. The maximum atomic E-state index is 4.37. The van der Waals surface area contributed by atoms with E-state index in [-0.39, 0.29) is 0 Å². The molecule has 1 N–H and O–H groups in total. The van der Waals surface area contributed by atoms with Gasteiger partial charge in [0.25, 0.3) is 0 Å². The standard InChI is InChI=1S/C11H21N3/c1-9(2)12-8-10(3)7-11-5-6-14(4)13-11/h5-6,9-10,12H,7-8H2,1-4H3. The van der Waals surface area contributed by atoms with E-state index in [9.17, 15) is 0 Å². The highest BCUT2D eigenvalue weighted by Gasteiger charge is 2.06. The number of nitrogens with zero attached hydrogens (tertiary/aromatic N) is 2. The summed E-state index contributed by atoms with van der Waals surface area (Å²) >= 11 is 0. The number of hydrogen-bond donors (Lipinski definition) is 1. The van der Waals surface area contributed by atoms with Crippen LogP contribution in [0.1, 0.15) is 26.5 Å². The van der Waals surface area contributed by atoms with Gasteiger partial charge in [-0.3, -0.25) is 4.68 Å². The van der Waals surface area contributed by atoms with Crippen LogP contribution in [0.15, 0.2) is 12.3 Å². The summed E-state index contributed by atoms with van der Waals surface area (Å²) in [5.41, 5.74) is 1.19. The molecule has 0 aliphatic carbocycles. The number of rotatable bonds is 5. The highest BCUT2D eigenvalue weighted by Crippen LogP contribution is 2.04. The fourth-order valence-corrected chi connectivity index (χ4v) is 1.44. The van der Waals surface area contributed by atoms with Gasteiger partial charge in [-0.25, -0.2) is 0 Å². The molecule has 0 radical (unpaired) electrons. The minimum Gasteiger partial charge on any atom is -0.314 e. The third-order valence-electron chi connectivity index (χ3n) is 2.20. The maximum Gasteiger partial charge on any atom is 0.0627 e. The first kappa shape index (κ1) is 11.2. The van der Waals surface area contributed by atoms with Crippen LogP contribution < -0.4 is 5.32 Å². The summed E-state index contributed by atoms with van der Waals surface area (Å²) in [6, 6.07) is 2.66. The lowest BCUT2D eigenvalue weighted by atomic mass is 10.1. The molecule has 0 bridgehead atoms. The van der Waals surface area contributed by atoms with Gasteiger partial charge in [-0.1, -0.05) is 20.8 Å². The van der Waals surface area contributed by atoms with Crippen LogP contribution in [0.3, 0.4) is 0 Å². The van der Waals surface area contributed by atoms with E-state index in [1.54, 1.807) is 0 Å². The zero-order chi connectivity index (χ0) is 10.6. The third kappa shape index (κ3) is 3.92. The van der Waals surface area contributed by atoms with Gasteiger partial charge in [0, 0.05) is 19.3 Å². The lowest BCUT2D eigenvalue weighted by Crippen LogP contribution is -2.28. The molecule has 1 heterocycles. The molecule has 80 valence electrons. The SMILES string of the molecule is CC(CNC(C)C)Cc1ccn(C)n1. The van der Waals surface area contributed by atoms with Crippen molar-refractivity contribution in [3.8, 4) is 0 Å². The Bertz CT molecular complexity index is 265. The summed E-state index contributed by atoms with van der Waals surface area (Å²) in [5, 5.41) is 7.80. The predicted molar refractivity (Wildman–Crippen MR) is 59.2 cm³/mol. The van der Waals surface area contributed by atoms with Crippen LogP contribution in [-0.4, -0.2) is 22.4 Å².